The van der Waals surface area contributed by atoms with Gasteiger partial charge in [-0.3, -0.25) is 9.59 Å². The molecule has 2 bridgehead atoms. The van der Waals surface area contributed by atoms with Gasteiger partial charge in [-0.1, -0.05) is 45.9 Å². The summed E-state index contributed by atoms with van der Waals surface area (Å²) in [7, 11) is 0. The van der Waals surface area contributed by atoms with E-state index in [1.807, 2.05) is 33.8 Å². The van der Waals surface area contributed by atoms with Gasteiger partial charge in [-0.2, -0.15) is 0 Å². The Kier molecular flexibility index (Phi) is 6.77. The molecule has 0 aromatic rings. The van der Waals surface area contributed by atoms with E-state index >= 15 is 0 Å². The highest BCUT2D eigenvalue weighted by Gasteiger charge is 2.59. The maximum Gasteiger partial charge on any atom is 0.224 e. The molecule has 0 saturated heterocycles. The first-order valence-corrected chi connectivity index (χ1v) is 10.1. The molecular formula is C22H36N2O4. The molecule has 6 heteroatoms. The van der Waals surface area contributed by atoms with Crippen molar-refractivity contribution in [2.75, 3.05) is 26.3 Å². The molecule has 4 unspecified atom stereocenters. The fraction of sp³-hybridized carbons (Fsp3) is 0.727. The van der Waals surface area contributed by atoms with E-state index in [-0.39, 0.29) is 36.4 Å². The van der Waals surface area contributed by atoms with Crippen LogP contribution < -0.4 is 10.6 Å². The molecule has 2 aliphatic rings. The molecule has 6 nitrogen and oxygen atoms in total. The molecule has 2 aliphatic carbocycles. The lowest BCUT2D eigenvalue weighted by Crippen LogP contribution is -2.50. The largest absolute Gasteiger partial charge is 0.396 e. The Morgan fingerprint density at radius 1 is 1.11 bits per heavy atom. The van der Waals surface area contributed by atoms with Crippen LogP contribution in [-0.2, 0) is 9.59 Å². The number of aliphatic hydroxyl groups is 2. The van der Waals surface area contributed by atoms with Gasteiger partial charge >= 0.3 is 0 Å². The highest BCUT2D eigenvalue weighted by Crippen LogP contribution is 2.58. The minimum Gasteiger partial charge on any atom is -0.396 e. The molecule has 158 valence electrons. The summed E-state index contributed by atoms with van der Waals surface area (Å²) >= 11 is 0. The summed E-state index contributed by atoms with van der Waals surface area (Å²) in [6, 6.07) is 0. The lowest BCUT2D eigenvalue weighted by atomic mass is 9.70. The molecule has 28 heavy (non-hydrogen) atoms. The highest BCUT2D eigenvalue weighted by molar-refractivity contribution is 5.90. The molecule has 0 radical (unpaired) electrons. The zero-order valence-corrected chi connectivity index (χ0v) is 17.6. The van der Waals surface area contributed by atoms with Crippen LogP contribution in [0.25, 0.3) is 0 Å². The number of carbonyl (C=O) groups excluding carboxylic acids is 2. The van der Waals surface area contributed by atoms with Crippen molar-refractivity contribution in [3.63, 3.8) is 0 Å². The first kappa shape index (κ1) is 22.6. The number of allylic oxidation sites excluding steroid dienone is 3. The molecule has 0 heterocycles. The number of rotatable bonds is 10. The van der Waals surface area contributed by atoms with E-state index in [9.17, 15) is 19.8 Å². The number of nitrogens with one attached hydrogen (secondary N) is 2. The van der Waals surface area contributed by atoms with Gasteiger partial charge in [0.05, 0.1) is 11.8 Å². The number of hydrogen-bond acceptors (Lipinski definition) is 4. The molecule has 1 saturated carbocycles. The summed E-state index contributed by atoms with van der Waals surface area (Å²) in [6.45, 7) is 12.0. The van der Waals surface area contributed by atoms with E-state index in [2.05, 4.69) is 29.4 Å². The summed E-state index contributed by atoms with van der Waals surface area (Å²) in [5, 5.41) is 24.8. The van der Waals surface area contributed by atoms with Gasteiger partial charge in [-0.25, -0.2) is 0 Å². The van der Waals surface area contributed by atoms with Gasteiger partial charge in [0.15, 0.2) is 0 Å². The molecule has 0 aromatic carbocycles. The van der Waals surface area contributed by atoms with Crippen molar-refractivity contribution < 1.29 is 19.8 Å². The number of hydrogen-bond donors (Lipinski definition) is 4. The van der Waals surface area contributed by atoms with Crippen molar-refractivity contribution in [1.82, 2.24) is 10.6 Å². The number of aliphatic hydroxyl groups excluding tert-OH is 2. The monoisotopic (exact) mass is 392 g/mol. The molecule has 2 rings (SSSR count). The predicted molar refractivity (Wildman–Crippen MR) is 109 cm³/mol. The van der Waals surface area contributed by atoms with Crippen LogP contribution in [0.4, 0.5) is 0 Å². The van der Waals surface area contributed by atoms with Crippen LogP contribution >= 0.6 is 0 Å². The molecule has 4 N–H and O–H groups in total. The van der Waals surface area contributed by atoms with Crippen LogP contribution in [0, 0.1) is 34.0 Å². The van der Waals surface area contributed by atoms with E-state index in [0.717, 1.165) is 6.42 Å². The maximum absolute atomic E-state index is 13.2. The van der Waals surface area contributed by atoms with Crippen LogP contribution in [0.1, 0.15) is 40.5 Å². The van der Waals surface area contributed by atoms with Crippen molar-refractivity contribution in [2.45, 2.75) is 40.5 Å². The SMILES string of the molecule is C=CCC12C=CC(C1)C(C(=O)NCC(C)(C)CO)C2C(=O)NCC(C)(C)CO. The van der Waals surface area contributed by atoms with E-state index < -0.39 is 22.7 Å². The third-order valence-electron chi connectivity index (χ3n) is 6.18. The highest BCUT2D eigenvalue weighted by atomic mass is 16.3. The molecule has 2 amide bonds. The number of fused-ring (bicyclic) bond motifs is 2. The van der Waals surface area contributed by atoms with Gasteiger partial charge in [0.2, 0.25) is 11.8 Å². The first-order chi connectivity index (χ1) is 13.0. The molecular weight excluding hydrogens is 356 g/mol. The van der Waals surface area contributed by atoms with Gasteiger partial charge < -0.3 is 20.8 Å². The van der Waals surface area contributed by atoms with Crippen molar-refractivity contribution in [3.8, 4) is 0 Å². The van der Waals surface area contributed by atoms with E-state index in [1.165, 1.54) is 0 Å². The third kappa shape index (κ3) is 4.66. The fourth-order valence-corrected chi connectivity index (χ4v) is 4.28. The summed E-state index contributed by atoms with van der Waals surface area (Å²) in [5.41, 5.74) is -1.21. The summed E-state index contributed by atoms with van der Waals surface area (Å²) in [4.78, 5) is 26.2. The fourth-order valence-electron chi connectivity index (χ4n) is 4.28. The van der Waals surface area contributed by atoms with E-state index in [0.29, 0.717) is 19.5 Å². The van der Waals surface area contributed by atoms with E-state index in [4.69, 9.17) is 0 Å². The van der Waals surface area contributed by atoms with Crippen LogP contribution in [0.5, 0.6) is 0 Å². The zero-order valence-electron chi connectivity index (χ0n) is 17.6. The summed E-state index contributed by atoms with van der Waals surface area (Å²) in [6.07, 6.45) is 7.38. The van der Waals surface area contributed by atoms with Gasteiger partial charge in [-0.05, 0) is 18.8 Å². The zero-order chi connectivity index (χ0) is 21.2. The van der Waals surface area contributed by atoms with Crippen LogP contribution in [0.15, 0.2) is 24.8 Å². The normalized spacial score (nSPS) is 29.0. The molecule has 4 atom stereocenters. The Morgan fingerprint density at radius 2 is 1.64 bits per heavy atom. The second-order valence-electron chi connectivity index (χ2n) is 10.0. The Bertz CT molecular complexity index is 640. The smallest absolute Gasteiger partial charge is 0.224 e. The van der Waals surface area contributed by atoms with Gasteiger partial charge in [0, 0.05) is 42.5 Å². The van der Waals surface area contributed by atoms with Crippen molar-refractivity contribution in [1.29, 1.82) is 0 Å². The third-order valence-corrected chi connectivity index (χ3v) is 6.18. The van der Waals surface area contributed by atoms with E-state index in [1.54, 1.807) is 0 Å². The van der Waals surface area contributed by atoms with Crippen molar-refractivity contribution >= 4 is 11.8 Å². The lowest BCUT2D eigenvalue weighted by Gasteiger charge is -2.35. The second-order valence-corrected chi connectivity index (χ2v) is 10.0. The van der Waals surface area contributed by atoms with Gasteiger partial charge in [0.1, 0.15) is 0 Å². The standard InChI is InChI=1S/C22H36N2O4/c1-6-8-22-9-7-15(10-22)16(18(27)23-11-20(2,3)13-25)17(22)19(28)24-12-21(4,5)14-26/h6-7,9,15-17,25-26H,1,8,10-14H2,2-5H3,(H,23,27)(H,24,28). The molecule has 0 aromatic heterocycles. The average molecular weight is 393 g/mol. The Hall–Kier alpha value is -1.66. The van der Waals surface area contributed by atoms with Gasteiger partial charge in [0.25, 0.3) is 0 Å². The van der Waals surface area contributed by atoms with Crippen molar-refractivity contribution in [3.05, 3.63) is 24.8 Å². The van der Waals surface area contributed by atoms with Crippen LogP contribution in [0.3, 0.4) is 0 Å². The Balaban J connectivity index is 2.21. The Labute approximate surface area is 168 Å². The molecule has 0 aliphatic heterocycles. The summed E-state index contributed by atoms with van der Waals surface area (Å²) < 4.78 is 0. The van der Waals surface area contributed by atoms with Crippen LogP contribution in [0.2, 0.25) is 0 Å². The summed E-state index contributed by atoms with van der Waals surface area (Å²) in [5.74, 6) is -1.15. The van der Waals surface area contributed by atoms with Crippen LogP contribution in [-0.4, -0.2) is 48.3 Å². The average Bonchev–Trinajstić information content (AvgIpc) is 3.20. The topological polar surface area (TPSA) is 98.7 Å². The lowest BCUT2D eigenvalue weighted by molar-refractivity contribution is -0.137. The number of carbonyl (C=O) groups is 2. The second kappa shape index (κ2) is 8.37. The minimum atomic E-state index is -0.466. The predicted octanol–water partition coefficient (Wildman–Crippen LogP) is 1.64. The first-order valence-electron chi connectivity index (χ1n) is 10.1. The Morgan fingerprint density at radius 3 is 2.14 bits per heavy atom. The molecule has 1 fully saturated rings. The maximum atomic E-state index is 13.2. The minimum absolute atomic E-state index is 0.0260. The molecule has 0 spiro atoms. The number of amides is 2. The quantitative estimate of drug-likeness (QED) is 0.425. The van der Waals surface area contributed by atoms with Crippen molar-refractivity contribution in [2.24, 2.45) is 34.0 Å². The van der Waals surface area contributed by atoms with Gasteiger partial charge in [-0.15, -0.1) is 6.58 Å².